The Morgan fingerprint density at radius 3 is 2.72 bits per heavy atom. The third-order valence-corrected chi connectivity index (χ3v) is 5.87. The first kappa shape index (κ1) is 21.7. The minimum atomic E-state index is -1.04. The number of rotatable bonds is 8. The van der Waals surface area contributed by atoms with Gasteiger partial charge in [0.05, 0.1) is 17.6 Å². The molecule has 4 rings (SSSR count). The van der Waals surface area contributed by atoms with Crippen LogP contribution in [0.3, 0.4) is 0 Å². The van der Waals surface area contributed by atoms with Crippen molar-refractivity contribution in [3.05, 3.63) is 71.5 Å². The smallest absolute Gasteiger partial charge is 0.341 e. The lowest BCUT2D eigenvalue weighted by atomic mass is 10.2. The molecule has 32 heavy (non-hydrogen) atoms. The van der Waals surface area contributed by atoms with E-state index < -0.39 is 12.6 Å². The average molecular weight is 453 g/mol. The number of carboxylic acids is 1. The van der Waals surface area contributed by atoms with Gasteiger partial charge in [-0.3, -0.25) is 0 Å². The zero-order valence-electron chi connectivity index (χ0n) is 17.4. The Hall–Kier alpha value is -3.52. The molecule has 1 aromatic heterocycles. The number of benzene rings is 3. The molecular formula is C24H20FNO5S. The van der Waals surface area contributed by atoms with Gasteiger partial charge in [-0.1, -0.05) is 18.2 Å². The molecule has 0 amide bonds. The molecular weight excluding hydrogens is 433 g/mol. The van der Waals surface area contributed by atoms with Crippen LogP contribution in [0.5, 0.6) is 11.5 Å². The molecule has 0 aliphatic rings. The summed E-state index contributed by atoms with van der Waals surface area (Å²) in [6, 6.07) is 15.7. The number of carboxylic acid groups (broad SMARTS) is 1. The summed E-state index contributed by atoms with van der Waals surface area (Å²) in [5.41, 5.74) is 3.40. The van der Waals surface area contributed by atoms with E-state index in [2.05, 4.69) is 4.98 Å². The Morgan fingerprint density at radius 1 is 1.16 bits per heavy atom. The lowest BCUT2D eigenvalue weighted by Gasteiger charge is -2.13. The number of oxazole rings is 1. The van der Waals surface area contributed by atoms with Crippen molar-refractivity contribution in [2.75, 3.05) is 13.7 Å². The molecule has 3 aromatic carbocycles. The van der Waals surface area contributed by atoms with Crippen LogP contribution in [-0.2, 0) is 10.5 Å². The Balaban J connectivity index is 1.53. The molecule has 164 valence electrons. The summed E-state index contributed by atoms with van der Waals surface area (Å²) in [4.78, 5) is 16.1. The molecule has 0 unspecified atom stereocenters. The zero-order chi connectivity index (χ0) is 22.7. The van der Waals surface area contributed by atoms with E-state index in [4.69, 9.17) is 19.0 Å². The third-order valence-electron chi connectivity index (χ3n) is 4.76. The second kappa shape index (κ2) is 9.32. The number of halogens is 1. The number of nitrogens with zero attached hydrogens (tertiary/aromatic N) is 1. The highest BCUT2D eigenvalue weighted by Gasteiger charge is 2.14. The van der Waals surface area contributed by atoms with Crippen LogP contribution in [0, 0.1) is 12.7 Å². The molecule has 0 atom stereocenters. The quantitative estimate of drug-likeness (QED) is 0.342. The summed E-state index contributed by atoms with van der Waals surface area (Å²) in [5, 5.41) is 8.82. The highest BCUT2D eigenvalue weighted by Crippen LogP contribution is 2.37. The van der Waals surface area contributed by atoms with Gasteiger partial charge in [0.1, 0.15) is 22.8 Å². The highest BCUT2D eigenvalue weighted by atomic mass is 32.2. The number of hydrogen-bond donors (Lipinski definition) is 1. The molecule has 0 aliphatic heterocycles. The molecule has 0 bridgehead atoms. The normalized spacial score (nSPS) is 11.0. The van der Waals surface area contributed by atoms with Crippen LogP contribution >= 0.6 is 11.8 Å². The largest absolute Gasteiger partial charge is 0.495 e. The van der Waals surface area contributed by atoms with Crippen molar-refractivity contribution < 1.29 is 28.2 Å². The number of methoxy groups -OCH3 is 1. The second-order valence-electron chi connectivity index (χ2n) is 7.04. The number of aryl methyl sites for hydroxylation is 1. The van der Waals surface area contributed by atoms with Crippen molar-refractivity contribution >= 4 is 28.8 Å². The van der Waals surface area contributed by atoms with Crippen molar-refractivity contribution in [1.82, 2.24) is 4.98 Å². The van der Waals surface area contributed by atoms with Crippen LogP contribution in [0.1, 0.15) is 11.1 Å². The van der Waals surface area contributed by atoms with E-state index in [9.17, 15) is 9.18 Å². The monoisotopic (exact) mass is 453 g/mol. The van der Waals surface area contributed by atoms with Gasteiger partial charge < -0.3 is 19.0 Å². The van der Waals surface area contributed by atoms with E-state index in [-0.39, 0.29) is 11.7 Å². The number of aromatic nitrogens is 1. The van der Waals surface area contributed by atoms with Gasteiger partial charge in [0.15, 0.2) is 12.2 Å². The van der Waals surface area contributed by atoms with Crippen molar-refractivity contribution in [3.63, 3.8) is 0 Å². The van der Waals surface area contributed by atoms with Crippen molar-refractivity contribution in [3.8, 4) is 23.0 Å². The molecule has 0 spiro atoms. The predicted octanol–water partition coefficient (Wildman–Crippen LogP) is 5.71. The third kappa shape index (κ3) is 4.70. The fraction of sp³-hybridized carbons (Fsp3) is 0.167. The predicted molar refractivity (Wildman–Crippen MR) is 120 cm³/mol. The van der Waals surface area contributed by atoms with Crippen LogP contribution in [0.2, 0.25) is 0 Å². The van der Waals surface area contributed by atoms with Gasteiger partial charge in [-0.15, -0.1) is 11.8 Å². The Kier molecular flexibility index (Phi) is 6.32. The minimum absolute atomic E-state index is 0.247. The highest BCUT2D eigenvalue weighted by molar-refractivity contribution is 7.98. The fourth-order valence-electron chi connectivity index (χ4n) is 3.18. The zero-order valence-corrected chi connectivity index (χ0v) is 18.2. The SMILES string of the molecule is COc1cc(OCC(=O)O)c(C)cc1SCc1ccc2oc(-c3ccccc3F)nc2c1. The Morgan fingerprint density at radius 2 is 1.97 bits per heavy atom. The number of hydrogen-bond acceptors (Lipinski definition) is 6. The summed E-state index contributed by atoms with van der Waals surface area (Å²) in [7, 11) is 1.56. The van der Waals surface area contributed by atoms with E-state index >= 15 is 0 Å². The molecule has 0 aliphatic carbocycles. The van der Waals surface area contributed by atoms with Gasteiger partial charge in [0.25, 0.3) is 0 Å². The van der Waals surface area contributed by atoms with E-state index in [0.29, 0.717) is 33.9 Å². The van der Waals surface area contributed by atoms with E-state index in [0.717, 1.165) is 16.0 Å². The minimum Gasteiger partial charge on any atom is -0.495 e. The average Bonchev–Trinajstić information content (AvgIpc) is 3.20. The van der Waals surface area contributed by atoms with Gasteiger partial charge in [0.2, 0.25) is 5.89 Å². The first-order chi connectivity index (χ1) is 15.4. The van der Waals surface area contributed by atoms with Crippen LogP contribution in [0.15, 0.2) is 63.9 Å². The lowest BCUT2D eigenvalue weighted by molar-refractivity contribution is -0.139. The first-order valence-electron chi connectivity index (χ1n) is 9.75. The van der Waals surface area contributed by atoms with Crippen LogP contribution in [0.25, 0.3) is 22.6 Å². The summed E-state index contributed by atoms with van der Waals surface area (Å²) in [6.45, 7) is 1.44. The van der Waals surface area contributed by atoms with Crippen LogP contribution < -0.4 is 9.47 Å². The number of fused-ring (bicyclic) bond motifs is 1. The van der Waals surface area contributed by atoms with Gasteiger partial charge in [-0.25, -0.2) is 14.2 Å². The fourth-order valence-corrected chi connectivity index (χ4v) is 4.23. The molecule has 8 heteroatoms. The lowest BCUT2D eigenvalue weighted by Crippen LogP contribution is -2.10. The number of ether oxygens (including phenoxy) is 2. The summed E-state index contributed by atoms with van der Waals surface area (Å²) >= 11 is 1.57. The molecule has 1 heterocycles. The topological polar surface area (TPSA) is 81.8 Å². The maximum absolute atomic E-state index is 14.1. The van der Waals surface area contributed by atoms with E-state index in [1.165, 1.54) is 6.07 Å². The maximum Gasteiger partial charge on any atom is 0.341 e. The Labute approximate surface area is 188 Å². The van der Waals surface area contributed by atoms with Crippen LogP contribution in [-0.4, -0.2) is 29.8 Å². The van der Waals surface area contributed by atoms with E-state index in [1.54, 1.807) is 43.1 Å². The summed E-state index contributed by atoms with van der Waals surface area (Å²) < 4.78 is 30.6. The molecule has 1 N–H and O–H groups in total. The van der Waals surface area contributed by atoms with Crippen molar-refractivity contribution in [1.29, 1.82) is 0 Å². The molecule has 6 nitrogen and oxygen atoms in total. The molecule has 4 aromatic rings. The number of thioether (sulfide) groups is 1. The summed E-state index contributed by atoms with van der Waals surface area (Å²) in [6.07, 6.45) is 0. The van der Waals surface area contributed by atoms with Crippen molar-refractivity contribution in [2.24, 2.45) is 0 Å². The first-order valence-corrected chi connectivity index (χ1v) is 10.7. The standard InChI is InChI=1S/C24H20FNO5S/c1-14-9-22(21(29-2)11-20(14)30-12-23(27)28)32-13-15-7-8-19-18(10-15)26-24(31-19)16-5-3-4-6-17(16)25/h3-11H,12-13H2,1-2H3,(H,27,28). The molecule has 0 fully saturated rings. The Bertz CT molecular complexity index is 1290. The maximum atomic E-state index is 14.1. The second-order valence-corrected chi connectivity index (χ2v) is 8.06. The van der Waals surface area contributed by atoms with Gasteiger partial charge >= 0.3 is 5.97 Å². The summed E-state index contributed by atoms with van der Waals surface area (Å²) in [5.74, 6) is 0.542. The van der Waals surface area contributed by atoms with Crippen molar-refractivity contribution in [2.45, 2.75) is 17.6 Å². The van der Waals surface area contributed by atoms with Gasteiger partial charge in [-0.05, 0) is 48.4 Å². The number of aliphatic carboxylic acids is 1. The molecule has 0 saturated heterocycles. The van der Waals surface area contributed by atoms with E-state index in [1.807, 2.05) is 31.2 Å². The van der Waals surface area contributed by atoms with Gasteiger partial charge in [0, 0.05) is 11.8 Å². The van der Waals surface area contributed by atoms with Gasteiger partial charge in [-0.2, -0.15) is 0 Å². The molecule has 0 radical (unpaired) electrons. The van der Waals surface area contributed by atoms with Crippen LogP contribution in [0.4, 0.5) is 4.39 Å². The number of carbonyl (C=O) groups is 1. The molecule has 0 saturated carbocycles.